The summed E-state index contributed by atoms with van der Waals surface area (Å²) < 4.78 is 14.7. The van der Waals surface area contributed by atoms with Crippen molar-refractivity contribution >= 4 is 5.78 Å². The van der Waals surface area contributed by atoms with Crippen molar-refractivity contribution in [3.05, 3.63) is 77.4 Å². The fraction of sp³-hybridized carbons (Fsp3) is 0. The Labute approximate surface area is 130 Å². The van der Waals surface area contributed by atoms with Gasteiger partial charge in [-0.1, -0.05) is 0 Å². The van der Waals surface area contributed by atoms with Gasteiger partial charge >= 0.3 is 0 Å². The Kier molecular flexibility index (Phi) is 3.61. The first kappa shape index (κ1) is 14.5. The monoisotopic (exact) mass is 307 g/mol. The summed E-state index contributed by atoms with van der Waals surface area (Å²) >= 11 is 0. The normalized spacial score (nSPS) is 10.3. The van der Waals surface area contributed by atoms with Gasteiger partial charge in [-0.15, -0.1) is 0 Å². The Bertz CT molecular complexity index is 924. The molecule has 1 N–H and O–H groups in total. The average Bonchev–Trinajstić information content (AvgIpc) is 3.06. The Balaban J connectivity index is 1.93. The molecule has 0 aliphatic rings. The summed E-state index contributed by atoms with van der Waals surface area (Å²) in [6.45, 7) is 0. The summed E-state index contributed by atoms with van der Waals surface area (Å²) in [5.74, 6) is -1.42. The average molecular weight is 307 g/mol. The van der Waals surface area contributed by atoms with E-state index < -0.39 is 11.6 Å². The van der Waals surface area contributed by atoms with E-state index in [1.165, 1.54) is 17.1 Å². The van der Waals surface area contributed by atoms with Crippen molar-refractivity contribution in [1.29, 1.82) is 5.26 Å². The topological polar surface area (TPSA) is 78.9 Å². The number of carbonyl (C=O) groups is 1. The number of ketones is 1. The molecule has 0 fully saturated rings. The van der Waals surface area contributed by atoms with Crippen molar-refractivity contribution in [2.75, 3.05) is 0 Å². The molecule has 0 unspecified atom stereocenters. The van der Waals surface area contributed by atoms with E-state index >= 15 is 0 Å². The third-order valence-corrected chi connectivity index (χ3v) is 3.31. The number of carbonyl (C=O) groups excluding carboxylic acids is 1. The summed E-state index contributed by atoms with van der Waals surface area (Å²) in [6, 6.07) is 11.9. The first-order chi connectivity index (χ1) is 11.1. The van der Waals surface area contributed by atoms with E-state index in [-0.39, 0.29) is 16.9 Å². The molecule has 0 saturated heterocycles. The van der Waals surface area contributed by atoms with Crippen LogP contribution < -0.4 is 0 Å². The van der Waals surface area contributed by atoms with Gasteiger partial charge in [-0.25, -0.2) is 9.07 Å². The maximum absolute atomic E-state index is 13.3. The van der Waals surface area contributed by atoms with E-state index in [0.29, 0.717) is 11.3 Å². The molecule has 0 saturated carbocycles. The summed E-state index contributed by atoms with van der Waals surface area (Å²) in [5, 5.41) is 22.6. The Morgan fingerprint density at radius 1 is 1.22 bits per heavy atom. The zero-order valence-corrected chi connectivity index (χ0v) is 11.8. The van der Waals surface area contributed by atoms with E-state index in [1.54, 1.807) is 24.3 Å². The predicted molar refractivity (Wildman–Crippen MR) is 79.8 cm³/mol. The van der Waals surface area contributed by atoms with E-state index in [1.807, 2.05) is 6.07 Å². The summed E-state index contributed by atoms with van der Waals surface area (Å²) in [7, 11) is 0. The number of aromatic hydroxyl groups is 1. The summed E-state index contributed by atoms with van der Waals surface area (Å²) in [6.07, 6.45) is 2.82. The molecule has 3 rings (SSSR count). The molecule has 0 radical (unpaired) electrons. The fourth-order valence-electron chi connectivity index (χ4n) is 2.12. The number of hydrogen-bond acceptors (Lipinski definition) is 4. The standard InChI is InChI=1S/C17H10FN3O2/c18-13-3-6-16(22)15(7-13)17(23)12-9-20-21(10-12)14-4-1-11(8-19)2-5-14/h1-7,9-10,22H. The molecular formula is C17H10FN3O2. The van der Waals surface area contributed by atoms with Gasteiger partial charge in [0.2, 0.25) is 0 Å². The molecule has 0 spiro atoms. The van der Waals surface area contributed by atoms with Crippen molar-refractivity contribution in [3.8, 4) is 17.5 Å². The van der Waals surface area contributed by atoms with Crippen molar-refractivity contribution in [1.82, 2.24) is 9.78 Å². The van der Waals surface area contributed by atoms with Crippen LogP contribution in [-0.4, -0.2) is 20.7 Å². The number of halogens is 1. The molecule has 2 aromatic carbocycles. The van der Waals surface area contributed by atoms with Crippen molar-refractivity contribution in [2.24, 2.45) is 0 Å². The maximum Gasteiger partial charge on any atom is 0.200 e. The van der Waals surface area contributed by atoms with Gasteiger partial charge in [-0.3, -0.25) is 4.79 Å². The molecule has 1 aromatic heterocycles. The quantitative estimate of drug-likeness (QED) is 0.755. The minimum Gasteiger partial charge on any atom is -0.507 e. The third kappa shape index (κ3) is 2.80. The van der Waals surface area contributed by atoms with Crippen LogP contribution in [0.1, 0.15) is 21.5 Å². The largest absolute Gasteiger partial charge is 0.507 e. The van der Waals surface area contributed by atoms with E-state index in [9.17, 15) is 14.3 Å². The van der Waals surface area contributed by atoms with Gasteiger partial charge in [-0.2, -0.15) is 10.4 Å². The highest BCUT2D eigenvalue weighted by molar-refractivity contribution is 6.10. The lowest BCUT2D eigenvalue weighted by molar-refractivity contribution is 0.103. The second-order valence-electron chi connectivity index (χ2n) is 4.82. The maximum atomic E-state index is 13.3. The zero-order valence-electron chi connectivity index (χ0n) is 11.8. The molecule has 5 nitrogen and oxygen atoms in total. The molecule has 0 bridgehead atoms. The van der Waals surface area contributed by atoms with Crippen LogP contribution in [-0.2, 0) is 0 Å². The molecule has 0 amide bonds. The molecule has 0 aliphatic carbocycles. The van der Waals surface area contributed by atoms with Crippen LogP contribution in [0.2, 0.25) is 0 Å². The van der Waals surface area contributed by atoms with Crippen LogP contribution in [0, 0.1) is 17.1 Å². The number of rotatable bonds is 3. The van der Waals surface area contributed by atoms with Gasteiger partial charge < -0.3 is 5.11 Å². The van der Waals surface area contributed by atoms with Gasteiger partial charge in [0.1, 0.15) is 11.6 Å². The molecule has 0 atom stereocenters. The van der Waals surface area contributed by atoms with Gasteiger partial charge in [0.05, 0.1) is 34.6 Å². The van der Waals surface area contributed by atoms with E-state index in [4.69, 9.17) is 5.26 Å². The van der Waals surface area contributed by atoms with Gasteiger partial charge in [0, 0.05) is 6.20 Å². The number of nitriles is 1. The number of hydrogen-bond donors (Lipinski definition) is 1. The second kappa shape index (κ2) is 5.73. The van der Waals surface area contributed by atoms with Crippen molar-refractivity contribution in [3.63, 3.8) is 0 Å². The highest BCUT2D eigenvalue weighted by Gasteiger charge is 2.16. The van der Waals surface area contributed by atoms with Gasteiger partial charge in [0.25, 0.3) is 0 Å². The number of phenols is 1. The SMILES string of the molecule is N#Cc1ccc(-n2cc(C(=O)c3cc(F)ccc3O)cn2)cc1. The van der Waals surface area contributed by atoms with Crippen molar-refractivity contribution < 1.29 is 14.3 Å². The lowest BCUT2D eigenvalue weighted by Crippen LogP contribution is -2.01. The lowest BCUT2D eigenvalue weighted by atomic mass is 10.1. The summed E-state index contributed by atoms with van der Waals surface area (Å²) in [5.41, 5.74) is 1.29. The highest BCUT2D eigenvalue weighted by Crippen LogP contribution is 2.22. The lowest BCUT2D eigenvalue weighted by Gasteiger charge is -2.02. The van der Waals surface area contributed by atoms with Crippen LogP contribution in [0.3, 0.4) is 0 Å². The first-order valence-electron chi connectivity index (χ1n) is 6.67. The third-order valence-electron chi connectivity index (χ3n) is 3.31. The Morgan fingerprint density at radius 3 is 2.65 bits per heavy atom. The minimum atomic E-state index is -0.606. The van der Waals surface area contributed by atoms with Crippen LogP contribution >= 0.6 is 0 Å². The molecule has 6 heteroatoms. The fourth-order valence-corrected chi connectivity index (χ4v) is 2.12. The predicted octanol–water partition coefficient (Wildman–Crippen LogP) is 2.82. The molecule has 112 valence electrons. The van der Waals surface area contributed by atoms with Crippen LogP contribution in [0.4, 0.5) is 4.39 Å². The Hall–Kier alpha value is -3.46. The number of benzene rings is 2. The number of aromatic nitrogens is 2. The van der Waals surface area contributed by atoms with Gasteiger partial charge in [-0.05, 0) is 42.5 Å². The second-order valence-corrected chi connectivity index (χ2v) is 4.82. The van der Waals surface area contributed by atoms with Crippen molar-refractivity contribution in [2.45, 2.75) is 0 Å². The highest BCUT2D eigenvalue weighted by atomic mass is 19.1. The number of nitrogens with zero attached hydrogens (tertiary/aromatic N) is 3. The van der Waals surface area contributed by atoms with E-state index in [0.717, 1.165) is 18.2 Å². The molecule has 3 aromatic rings. The molecule has 1 heterocycles. The van der Waals surface area contributed by atoms with Gasteiger partial charge in [0.15, 0.2) is 5.78 Å². The molecule has 0 aliphatic heterocycles. The number of phenolic OH excluding ortho intramolecular Hbond substituents is 1. The van der Waals surface area contributed by atoms with Crippen LogP contribution in [0.25, 0.3) is 5.69 Å². The van der Waals surface area contributed by atoms with Crippen LogP contribution in [0.5, 0.6) is 5.75 Å². The first-order valence-corrected chi connectivity index (χ1v) is 6.67. The van der Waals surface area contributed by atoms with E-state index in [2.05, 4.69) is 5.10 Å². The molecular weight excluding hydrogens is 297 g/mol. The molecule has 23 heavy (non-hydrogen) atoms. The Morgan fingerprint density at radius 2 is 1.96 bits per heavy atom. The minimum absolute atomic E-state index is 0.121. The zero-order chi connectivity index (χ0) is 16.4. The summed E-state index contributed by atoms with van der Waals surface area (Å²) in [4.78, 5) is 12.3. The van der Waals surface area contributed by atoms with Crippen LogP contribution in [0.15, 0.2) is 54.9 Å². The smallest absolute Gasteiger partial charge is 0.200 e.